The lowest BCUT2D eigenvalue weighted by atomic mass is 9.81. The molecule has 3 rings (SSSR count). The maximum absolute atomic E-state index is 13.7. The van der Waals surface area contributed by atoms with Gasteiger partial charge in [0.1, 0.15) is 18.7 Å². The zero-order valence-electron chi connectivity index (χ0n) is 74.8. The molecule has 1 unspecified atom stereocenters. The van der Waals surface area contributed by atoms with E-state index >= 15 is 0 Å². The van der Waals surface area contributed by atoms with Gasteiger partial charge in [0.15, 0.2) is 0 Å². The van der Waals surface area contributed by atoms with Crippen molar-refractivity contribution in [2.45, 2.75) is 315 Å². The summed E-state index contributed by atoms with van der Waals surface area (Å²) < 4.78 is 64.2. The van der Waals surface area contributed by atoms with Gasteiger partial charge < -0.3 is 83.0 Å². The number of carbonyl (C=O) groups excluding carboxylic acids is 4. The first-order chi connectivity index (χ1) is 57.7. The number of quaternary nitrogens is 1. The van der Waals surface area contributed by atoms with Crippen molar-refractivity contribution in [2.75, 3.05) is 184 Å². The Balaban J connectivity index is 0.0000480. The summed E-state index contributed by atoms with van der Waals surface area (Å²) in [7, 11) is 4.55. The van der Waals surface area contributed by atoms with Crippen LogP contribution in [0.25, 0.3) is 0 Å². The molecule has 1 aliphatic rings. The average Bonchev–Trinajstić information content (AvgIpc) is 1.60. The summed E-state index contributed by atoms with van der Waals surface area (Å²) in [6, 6.07) is 10.3. The number of carboxylic acids is 1. The molecule has 22 nitrogen and oxygen atoms in total. The number of benzene rings is 2. The number of nitrogens with one attached hydrogen (secondary N) is 4. The molecule has 2 atom stereocenters. The zero-order valence-corrected chi connectivity index (χ0v) is 78.0. The normalized spacial score (nSPS) is 13.2. The molecule has 0 aromatic heterocycles. The van der Waals surface area contributed by atoms with Gasteiger partial charge in [-0.3, -0.25) is 19.2 Å². The highest BCUT2D eigenvalue weighted by Crippen LogP contribution is 2.41. The van der Waals surface area contributed by atoms with Crippen LogP contribution in [0.2, 0.25) is 10.0 Å². The van der Waals surface area contributed by atoms with Crippen LogP contribution in [0, 0.1) is 5.41 Å². The van der Waals surface area contributed by atoms with E-state index in [-0.39, 0.29) is 82.4 Å². The van der Waals surface area contributed by atoms with Crippen molar-refractivity contribution in [1.82, 2.24) is 16.0 Å². The molecule has 0 saturated heterocycles. The van der Waals surface area contributed by atoms with Gasteiger partial charge in [-0.05, 0) is 61.9 Å². The van der Waals surface area contributed by atoms with Crippen molar-refractivity contribution in [3.63, 3.8) is 0 Å². The van der Waals surface area contributed by atoms with Crippen molar-refractivity contribution >= 4 is 75.5 Å². The summed E-state index contributed by atoms with van der Waals surface area (Å²) in [6.45, 7) is 16.8. The lowest BCUT2D eigenvalue weighted by Crippen LogP contribution is -2.49. The first-order valence-electron chi connectivity index (χ1n) is 46.8. The first-order valence-corrected chi connectivity index (χ1v) is 47.6. The van der Waals surface area contributed by atoms with E-state index < -0.39 is 23.3 Å². The lowest BCUT2D eigenvalue weighted by Gasteiger charge is -2.33. The van der Waals surface area contributed by atoms with Crippen LogP contribution in [0.4, 0.5) is 5.69 Å². The SMILES string of the molecule is Br.CCCCCCCCCCCCCCCCCCCCOCC(C[N+](C)(C)CCCNC(=O)CCOCCOCCOCCOCCOCCOCCOCCOCCOCCC(=O)NCCC1(C(=O)N[C@@H](Cc2ccc(NC(=O)c3c(Cl)cccc3Cl)cc2)C(=O)O)CCCC1)OCCCCCCCCCCCCCCCCCCCC. The van der Waals surface area contributed by atoms with Crippen molar-refractivity contribution in [1.29, 1.82) is 0 Å². The number of unbranched alkanes of at least 4 members (excludes halogenated alkanes) is 34. The molecule has 0 aliphatic heterocycles. The predicted molar refractivity (Wildman–Crippen MR) is 487 cm³/mol. The van der Waals surface area contributed by atoms with Gasteiger partial charge in [-0.1, -0.05) is 286 Å². The molecule has 119 heavy (non-hydrogen) atoms. The summed E-state index contributed by atoms with van der Waals surface area (Å²) in [6.07, 6.45) is 54.2. The second-order valence-electron chi connectivity index (χ2n) is 33.0. The molecule has 1 fully saturated rings. The van der Waals surface area contributed by atoms with Crippen LogP contribution in [-0.2, 0) is 77.7 Å². The molecule has 2 aromatic rings. The van der Waals surface area contributed by atoms with Crippen LogP contribution in [0.3, 0.4) is 0 Å². The fraction of sp³-hybridized carbons (Fsp3) is 0.819. The Labute approximate surface area is 741 Å². The molecule has 1 aliphatic carbocycles. The molecule has 690 valence electrons. The van der Waals surface area contributed by atoms with Gasteiger partial charge >= 0.3 is 5.97 Å². The van der Waals surface area contributed by atoms with Crippen LogP contribution >= 0.6 is 40.2 Å². The van der Waals surface area contributed by atoms with Crippen LogP contribution in [0.15, 0.2) is 42.5 Å². The Bertz CT molecular complexity index is 2710. The monoisotopic (exact) mass is 1790 g/mol. The topological polar surface area (TPSA) is 255 Å². The zero-order chi connectivity index (χ0) is 85.0. The van der Waals surface area contributed by atoms with E-state index in [1.54, 1.807) is 42.5 Å². The highest BCUT2D eigenvalue weighted by atomic mass is 79.9. The molecule has 0 bridgehead atoms. The predicted octanol–water partition coefficient (Wildman–Crippen LogP) is 20.0. The maximum Gasteiger partial charge on any atom is 0.326 e. The highest BCUT2D eigenvalue weighted by Gasteiger charge is 2.42. The molecule has 2 aromatic carbocycles. The molecular formula is C94H167BrCl2N5O17+. The Kier molecular flexibility index (Phi) is 74.0. The Hall–Kier alpha value is -3.63. The summed E-state index contributed by atoms with van der Waals surface area (Å²) in [5.41, 5.74) is 0.468. The molecule has 0 radical (unpaired) electrons. The second kappa shape index (κ2) is 79.0. The third kappa shape index (κ3) is 63.9. The number of nitrogens with zero attached hydrogens (tertiary/aromatic N) is 1. The number of rotatable bonds is 87. The van der Waals surface area contributed by atoms with E-state index in [1.807, 2.05) is 0 Å². The van der Waals surface area contributed by atoms with Gasteiger partial charge in [-0.2, -0.15) is 0 Å². The smallest absolute Gasteiger partial charge is 0.326 e. The van der Waals surface area contributed by atoms with E-state index in [1.165, 1.54) is 218 Å². The van der Waals surface area contributed by atoms with Crippen LogP contribution in [-0.4, -0.2) is 230 Å². The summed E-state index contributed by atoms with van der Waals surface area (Å²) >= 11 is 12.4. The molecular weight excluding hydrogens is 1620 g/mol. The molecule has 0 spiro atoms. The molecule has 25 heteroatoms. The van der Waals surface area contributed by atoms with Gasteiger partial charge in [0, 0.05) is 57.7 Å². The number of likely N-dealkylation sites (N-methyl/N-ethyl adjacent to an activating group) is 1. The number of ether oxygens (including phenoxy) is 11. The van der Waals surface area contributed by atoms with E-state index in [9.17, 15) is 29.1 Å². The summed E-state index contributed by atoms with van der Waals surface area (Å²) in [4.78, 5) is 64.2. The van der Waals surface area contributed by atoms with Gasteiger partial charge in [-0.25, -0.2) is 4.79 Å². The molecule has 5 N–H and O–H groups in total. The number of anilines is 1. The number of hydrogen-bond donors (Lipinski definition) is 5. The van der Waals surface area contributed by atoms with Crippen molar-refractivity contribution in [3.8, 4) is 0 Å². The fourth-order valence-corrected chi connectivity index (χ4v) is 15.5. The minimum atomic E-state index is -1.18. The first kappa shape index (κ1) is 111. The van der Waals surface area contributed by atoms with Crippen molar-refractivity contribution in [3.05, 3.63) is 63.6 Å². The van der Waals surface area contributed by atoms with Gasteiger partial charge in [0.2, 0.25) is 17.7 Å². The van der Waals surface area contributed by atoms with Crippen LogP contribution in [0.5, 0.6) is 0 Å². The highest BCUT2D eigenvalue weighted by molar-refractivity contribution is 8.93. The van der Waals surface area contributed by atoms with E-state index in [0.717, 1.165) is 62.9 Å². The molecule has 1 saturated carbocycles. The largest absolute Gasteiger partial charge is 0.480 e. The number of carbonyl (C=O) groups is 5. The fourth-order valence-electron chi connectivity index (χ4n) is 14.9. The minimum Gasteiger partial charge on any atom is -0.480 e. The summed E-state index contributed by atoms with van der Waals surface area (Å²) in [5.74, 6) is -2.19. The van der Waals surface area contributed by atoms with Crippen molar-refractivity contribution in [2.24, 2.45) is 5.41 Å². The van der Waals surface area contributed by atoms with E-state index in [4.69, 9.17) is 75.3 Å². The average molecular weight is 1790 g/mol. The Morgan fingerprint density at radius 3 is 1.14 bits per heavy atom. The van der Waals surface area contributed by atoms with Crippen molar-refractivity contribution < 1.29 is 85.7 Å². The minimum absolute atomic E-state index is 0. The third-order valence-corrected chi connectivity index (χ3v) is 22.7. The summed E-state index contributed by atoms with van der Waals surface area (Å²) in [5, 5.41) is 22.0. The quantitative estimate of drug-likeness (QED) is 0.0305. The van der Waals surface area contributed by atoms with E-state index in [0.29, 0.717) is 162 Å². The van der Waals surface area contributed by atoms with E-state index in [2.05, 4.69) is 49.2 Å². The molecule has 4 amide bonds. The Morgan fingerprint density at radius 2 is 0.773 bits per heavy atom. The van der Waals surface area contributed by atoms with Gasteiger partial charge in [-0.15, -0.1) is 17.0 Å². The number of carboxylic acid groups (broad SMARTS) is 1. The number of amides is 4. The maximum atomic E-state index is 13.7. The van der Waals surface area contributed by atoms with Gasteiger partial charge in [0.25, 0.3) is 5.91 Å². The number of hydrogen-bond acceptors (Lipinski definition) is 16. The van der Waals surface area contributed by atoms with Crippen LogP contribution < -0.4 is 21.3 Å². The Morgan fingerprint density at radius 1 is 0.429 bits per heavy atom. The number of halogens is 3. The van der Waals surface area contributed by atoms with Crippen LogP contribution in [0.1, 0.15) is 312 Å². The van der Waals surface area contributed by atoms with Gasteiger partial charge in [0.05, 0.1) is 167 Å². The third-order valence-electron chi connectivity index (χ3n) is 22.1. The standard InChI is InChI=1S/C94H165Cl2N5O17.BrH/c1-5-7-9-11-13-15-17-19-21-23-25-27-29-31-33-35-37-41-59-117-81-84(118-60-42-38-36-34-32-30-28-26-24-22-20-18-16-14-12-10-8-6-2)80-101(3,4)58-44-56-97-88(102)51-61-108-63-65-110-67-69-112-71-73-114-75-77-116-78-76-115-74-72-113-70-68-111-66-64-109-62-52-89(103)98-57-55-94(53-39-40-54-94)93(107)100-87(92(105)106)79-82-47-49-83(50-48-82)99-91(104)90-85(95)45-43-46-86(90)96;/h43,45-50,84,87H,5-42,44,51-81H2,1-4H3,(H4-,97,98,99,100,102,103,104,105,106,107);1H/p+1/t84?,87-;/m0./s1. The second-order valence-corrected chi connectivity index (χ2v) is 33.9. The number of aliphatic carboxylic acids is 1. The molecule has 0 heterocycles. The lowest BCUT2D eigenvalue weighted by molar-refractivity contribution is -0.893.